The van der Waals surface area contributed by atoms with Crippen LogP contribution in [0.5, 0.6) is 0 Å². The summed E-state index contributed by atoms with van der Waals surface area (Å²) >= 11 is 0. The summed E-state index contributed by atoms with van der Waals surface area (Å²) in [5.41, 5.74) is 0. The number of ether oxygens (including phenoxy) is 1. The zero-order chi connectivity index (χ0) is 7.61. The lowest BCUT2D eigenvalue weighted by atomic mass is 10.2. The normalized spacial score (nSPS) is 18.8. The van der Waals surface area contributed by atoms with Crippen molar-refractivity contribution in [3.05, 3.63) is 0 Å². The van der Waals surface area contributed by atoms with Crippen molar-refractivity contribution >= 4 is 12.4 Å². The van der Waals surface area contributed by atoms with E-state index in [4.69, 9.17) is 0 Å². The number of hydrogen-bond acceptors (Lipinski definition) is 2. The first-order chi connectivity index (χ1) is 4.58. The SMILES string of the molecule is Cl.FC(F)(F)COC1CNC1. The van der Waals surface area contributed by atoms with Gasteiger partial charge in [-0.2, -0.15) is 13.2 Å². The first-order valence-corrected chi connectivity index (χ1v) is 2.97. The minimum absolute atomic E-state index is 0. The molecule has 0 bridgehead atoms. The molecule has 0 aromatic heterocycles. The van der Waals surface area contributed by atoms with Crippen LogP contribution < -0.4 is 5.32 Å². The topological polar surface area (TPSA) is 21.3 Å². The summed E-state index contributed by atoms with van der Waals surface area (Å²) < 4.78 is 38.7. The molecule has 1 aliphatic heterocycles. The fraction of sp³-hybridized carbons (Fsp3) is 1.00. The number of halogens is 4. The maximum atomic E-state index is 11.4. The van der Waals surface area contributed by atoms with Crippen molar-refractivity contribution in [1.82, 2.24) is 5.32 Å². The van der Waals surface area contributed by atoms with Gasteiger partial charge in [0.15, 0.2) is 0 Å². The van der Waals surface area contributed by atoms with Gasteiger partial charge in [0.1, 0.15) is 6.61 Å². The maximum Gasteiger partial charge on any atom is 0.411 e. The second-order valence-electron chi connectivity index (χ2n) is 2.21. The number of hydrogen-bond donors (Lipinski definition) is 1. The Hall–Kier alpha value is -0.0000000000000000416. The van der Waals surface area contributed by atoms with Crippen molar-refractivity contribution < 1.29 is 17.9 Å². The second-order valence-corrected chi connectivity index (χ2v) is 2.21. The van der Waals surface area contributed by atoms with Crippen LogP contribution in [0.4, 0.5) is 13.2 Å². The van der Waals surface area contributed by atoms with Gasteiger partial charge in [-0.25, -0.2) is 0 Å². The molecule has 11 heavy (non-hydrogen) atoms. The van der Waals surface area contributed by atoms with Gasteiger partial charge in [-0.3, -0.25) is 0 Å². The summed E-state index contributed by atoms with van der Waals surface area (Å²) in [7, 11) is 0. The summed E-state index contributed by atoms with van der Waals surface area (Å²) in [6, 6.07) is 0. The van der Waals surface area contributed by atoms with E-state index < -0.39 is 12.8 Å². The van der Waals surface area contributed by atoms with E-state index in [9.17, 15) is 13.2 Å². The van der Waals surface area contributed by atoms with Gasteiger partial charge in [-0.15, -0.1) is 12.4 Å². The van der Waals surface area contributed by atoms with Gasteiger partial charge >= 0.3 is 6.18 Å². The summed E-state index contributed by atoms with van der Waals surface area (Å²) in [5, 5.41) is 2.81. The van der Waals surface area contributed by atoms with E-state index in [1.165, 1.54) is 0 Å². The smallest absolute Gasteiger partial charge is 0.366 e. The van der Waals surface area contributed by atoms with Crippen molar-refractivity contribution in [1.29, 1.82) is 0 Å². The predicted octanol–water partition coefficient (Wildman–Crippen LogP) is 0.959. The van der Waals surface area contributed by atoms with Gasteiger partial charge in [0.2, 0.25) is 0 Å². The maximum absolute atomic E-state index is 11.4. The third-order valence-electron chi connectivity index (χ3n) is 1.23. The minimum Gasteiger partial charge on any atom is -0.366 e. The summed E-state index contributed by atoms with van der Waals surface area (Å²) in [6.07, 6.45) is -4.42. The molecule has 1 N–H and O–H groups in total. The highest BCUT2D eigenvalue weighted by Gasteiger charge is 2.30. The lowest BCUT2D eigenvalue weighted by Gasteiger charge is -2.27. The summed E-state index contributed by atoms with van der Waals surface area (Å²) in [6.45, 7) is -0.0501. The van der Waals surface area contributed by atoms with E-state index in [0.717, 1.165) is 0 Å². The third-order valence-corrected chi connectivity index (χ3v) is 1.23. The molecular formula is C5H9ClF3NO. The fourth-order valence-electron chi connectivity index (χ4n) is 0.592. The number of nitrogens with one attached hydrogen (secondary N) is 1. The highest BCUT2D eigenvalue weighted by Crippen LogP contribution is 2.16. The van der Waals surface area contributed by atoms with E-state index in [2.05, 4.69) is 10.1 Å². The van der Waals surface area contributed by atoms with Gasteiger partial charge in [0.05, 0.1) is 6.10 Å². The Balaban J connectivity index is 0.000001000. The van der Waals surface area contributed by atoms with Crippen LogP contribution in [-0.4, -0.2) is 32.0 Å². The van der Waals surface area contributed by atoms with Gasteiger partial charge in [0, 0.05) is 13.1 Å². The van der Waals surface area contributed by atoms with Crippen LogP contribution in [0.3, 0.4) is 0 Å². The van der Waals surface area contributed by atoms with Crippen molar-refractivity contribution in [2.24, 2.45) is 0 Å². The standard InChI is InChI=1S/C5H8F3NO.ClH/c6-5(7,8)3-10-4-1-9-2-4;/h4,9H,1-3H2;1H. The molecule has 1 aliphatic rings. The average Bonchev–Trinajstić information content (AvgIpc) is 1.56. The molecule has 1 heterocycles. The molecule has 0 amide bonds. The Morgan fingerprint density at radius 1 is 1.36 bits per heavy atom. The van der Waals surface area contributed by atoms with Crippen molar-refractivity contribution in [3.63, 3.8) is 0 Å². The molecule has 0 atom stereocenters. The first kappa shape index (κ1) is 11.0. The Kier molecular flexibility index (Phi) is 4.13. The molecule has 0 unspecified atom stereocenters. The average molecular weight is 192 g/mol. The third kappa shape index (κ3) is 4.44. The largest absolute Gasteiger partial charge is 0.411 e. The Labute approximate surface area is 68.5 Å². The molecule has 0 spiro atoms. The molecule has 1 rings (SSSR count). The van der Waals surface area contributed by atoms with E-state index in [0.29, 0.717) is 13.1 Å². The zero-order valence-electron chi connectivity index (χ0n) is 5.65. The minimum atomic E-state index is -4.18. The van der Waals surface area contributed by atoms with E-state index in [1.807, 2.05) is 0 Å². The zero-order valence-corrected chi connectivity index (χ0v) is 6.47. The quantitative estimate of drug-likeness (QED) is 0.702. The van der Waals surface area contributed by atoms with Gasteiger partial charge in [-0.1, -0.05) is 0 Å². The van der Waals surface area contributed by atoms with Crippen LogP contribution in [-0.2, 0) is 4.74 Å². The molecule has 1 fully saturated rings. The van der Waals surface area contributed by atoms with Gasteiger partial charge in [0.25, 0.3) is 0 Å². The van der Waals surface area contributed by atoms with Gasteiger partial charge < -0.3 is 10.1 Å². The van der Waals surface area contributed by atoms with Crippen molar-refractivity contribution in [3.8, 4) is 0 Å². The highest BCUT2D eigenvalue weighted by molar-refractivity contribution is 5.85. The second kappa shape index (κ2) is 4.13. The predicted molar refractivity (Wildman–Crippen MR) is 35.9 cm³/mol. The molecular weight excluding hydrogens is 183 g/mol. The lowest BCUT2D eigenvalue weighted by molar-refractivity contribution is -0.189. The fourth-order valence-corrected chi connectivity index (χ4v) is 0.592. The molecule has 0 radical (unpaired) electrons. The van der Waals surface area contributed by atoms with Crippen LogP contribution in [0.2, 0.25) is 0 Å². The van der Waals surface area contributed by atoms with Crippen LogP contribution in [0.15, 0.2) is 0 Å². The Morgan fingerprint density at radius 3 is 2.18 bits per heavy atom. The Morgan fingerprint density at radius 2 is 1.91 bits per heavy atom. The lowest BCUT2D eigenvalue weighted by Crippen LogP contribution is -2.49. The monoisotopic (exact) mass is 191 g/mol. The first-order valence-electron chi connectivity index (χ1n) is 2.97. The van der Waals surface area contributed by atoms with Crippen molar-refractivity contribution in [2.75, 3.05) is 19.7 Å². The number of rotatable bonds is 2. The molecule has 1 saturated heterocycles. The van der Waals surface area contributed by atoms with E-state index >= 15 is 0 Å². The molecule has 0 aliphatic carbocycles. The summed E-state index contributed by atoms with van der Waals surface area (Å²) in [5.74, 6) is 0. The molecule has 0 aromatic rings. The summed E-state index contributed by atoms with van der Waals surface area (Å²) in [4.78, 5) is 0. The Bertz CT molecular complexity index is 115. The molecule has 2 nitrogen and oxygen atoms in total. The van der Waals surface area contributed by atoms with Crippen LogP contribution in [0, 0.1) is 0 Å². The number of alkyl halides is 3. The van der Waals surface area contributed by atoms with E-state index in [-0.39, 0.29) is 18.5 Å². The van der Waals surface area contributed by atoms with Gasteiger partial charge in [-0.05, 0) is 0 Å². The van der Waals surface area contributed by atoms with Crippen LogP contribution in [0.1, 0.15) is 0 Å². The van der Waals surface area contributed by atoms with Crippen LogP contribution >= 0.6 is 12.4 Å². The van der Waals surface area contributed by atoms with E-state index in [1.54, 1.807) is 0 Å². The molecule has 0 saturated carbocycles. The van der Waals surface area contributed by atoms with Crippen molar-refractivity contribution in [2.45, 2.75) is 12.3 Å². The molecule has 6 heteroatoms. The molecule has 68 valence electrons. The molecule has 0 aromatic carbocycles. The highest BCUT2D eigenvalue weighted by atomic mass is 35.5. The van der Waals surface area contributed by atoms with Crippen LogP contribution in [0.25, 0.3) is 0 Å².